The number of rotatable bonds is 4. The van der Waals surface area contributed by atoms with Crippen LogP contribution in [-0.2, 0) is 0 Å². The highest BCUT2D eigenvalue weighted by Gasteiger charge is 2.02. The average molecular weight is 194 g/mol. The second-order valence-electron chi connectivity index (χ2n) is 3.47. The molecular weight excluding hydrogens is 176 g/mol. The van der Waals surface area contributed by atoms with Crippen LogP contribution >= 0.6 is 0 Å². The fourth-order valence-corrected chi connectivity index (χ4v) is 1.31. The Kier molecular flexibility index (Phi) is 3.77. The highest BCUT2D eigenvalue weighted by molar-refractivity contribution is 5.51. The molecule has 1 unspecified atom stereocenters. The summed E-state index contributed by atoms with van der Waals surface area (Å²) in [7, 11) is 1.68. The molecule has 0 saturated carbocycles. The van der Waals surface area contributed by atoms with E-state index in [-0.39, 0.29) is 0 Å². The molecule has 0 bridgehead atoms. The van der Waals surface area contributed by atoms with Crippen LogP contribution in [0.1, 0.15) is 12.5 Å². The predicted octanol–water partition coefficient (Wildman–Crippen LogP) is 1.76. The molecule has 0 amide bonds. The molecule has 1 aromatic rings. The molecule has 14 heavy (non-hydrogen) atoms. The Bertz CT molecular complexity index is 299. The fraction of sp³-hybridized carbons (Fsp3) is 0.455. The van der Waals surface area contributed by atoms with E-state index in [1.165, 1.54) is 0 Å². The molecule has 3 heteroatoms. The molecule has 0 saturated heterocycles. The van der Waals surface area contributed by atoms with E-state index in [0.29, 0.717) is 12.6 Å². The summed E-state index contributed by atoms with van der Waals surface area (Å²) in [4.78, 5) is 0. The average Bonchev–Trinajstić information content (AvgIpc) is 2.18. The Balaban J connectivity index is 2.76. The van der Waals surface area contributed by atoms with Crippen LogP contribution in [0.3, 0.4) is 0 Å². The van der Waals surface area contributed by atoms with Crippen LogP contribution in [0.4, 0.5) is 5.69 Å². The van der Waals surface area contributed by atoms with Crippen LogP contribution in [0.25, 0.3) is 0 Å². The lowest BCUT2D eigenvalue weighted by atomic mass is 10.2. The normalized spacial score (nSPS) is 12.3. The topological polar surface area (TPSA) is 47.3 Å². The SMILES string of the molecule is COc1ccc(NC(C)CN)cc1C. The second-order valence-corrected chi connectivity index (χ2v) is 3.47. The summed E-state index contributed by atoms with van der Waals surface area (Å²) in [6, 6.07) is 6.31. The Morgan fingerprint density at radius 1 is 1.50 bits per heavy atom. The molecule has 0 aliphatic carbocycles. The van der Waals surface area contributed by atoms with Gasteiger partial charge in [0.25, 0.3) is 0 Å². The van der Waals surface area contributed by atoms with Crippen LogP contribution in [0, 0.1) is 6.92 Å². The van der Waals surface area contributed by atoms with Gasteiger partial charge in [-0.1, -0.05) is 0 Å². The molecule has 3 N–H and O–H groups in total. The lowest BCUT2D eigenvalue weighted by Crippen LogP contribution is -2.25. The largest absolute Gasteiger partial charge is 0.496 e. The maximum Gasteiger partial charge on any atom is 0.121 e. The van der Waals surface area contributed by atoms with Crippen molar-refractivity contribution in [1.29, 1.82) is 0 Å². The highest BCUT2D eigenvalue weighted by atomic mass is 16.5. The van der Waals surface area contributed by atoms with Crippen molar-refractivity contribution in [3.8, 4) is 5.75 Å². The standard InChI is InChI=1S/C11H18N2O/c1-8-6-10(13-9(2)7-12)4-5-11(8)14-3/h4-6,9,13H,7,12H2,1-3H3. The molecule has 0 fully saturated rings. The van der Waals surface area contributed by atoms with Crippen molar-refractivity contribution in [2.75, 3.05) is 19.0 Å². The summed E-state index contributed by atoms with van der Waals surface area (Å²) in [6.45, 7) is 4.71. The molecule has 0 radical (unpaired) electrons. The summed E-state index contributed by atoms with van der Waals surface area (Å²) in [5.41, 5.74) is 7.74. The first-order valence-corrected chi connectivity index (χ1v) is 4.78. The monoisotopic (exact) mass is 194 g/mol. The van der Waals surface area contributed by atoms with Gasteiger partial charge < -0.3 is 15.8 Å². The van der Waals surface area contributed by atoms with Crippen LogP contribution in [0.15, 0.2) is 18.2 Å². The van der Waals surface area contributed by atoms with Gasteiger partial charge in [-0.15, -0.1) is 0 Å². The molecule has 78 valence electrons. The van der Waals surface area contributed by atoms with Gasteiger partial charge >= 0.3 is 0 Å². The number of hydrogen-bond donors (Lipinski definition) is 2. The third-order valence-electron chi connectivity index (χ3n) is 2.16. The van der Waals surface area contributed by atoms with Gasteiger partial charge in [-0.3, -0.25) is 0 Å². The number of anilines is 1. The smallest absolute Gasteiger partial charge is 0.121 e. The molecule has 0 aromatic heterocycles. The van der Waals surface area contributed by atoms with Crippen molar-refractivity contribution in [2.24, 2.45) is 5.73 Å². The summed E-state index contributed by atoms with van der Waals surface area (Å²) >= 11 is 0. The third kappa shape index (κ3) is 2.64. The lowest BCUT2D eigenvalue weighted by Gasteiger charge is -2.14. The number of hydrogen-bond acceptors (Lipinski definition) is 3. The predicted molar refractivity (Wildman–Crippen MR) is 59.9 cm³/mol. The van der Waals surface area contributed by atoms with E-state index in [1.807, 2.05) is 19.1 Å². The van der Waals surface area contributed by atoms with Crippen molar-refractivity contribution in [1.82, 2.24) is 0 Å². The van der Waals surface area contributed by atoms with E-state index in [1.54, 1.807) is 7.11 Å². The molecule has 0 aliphatic heterocycles. The lowest BCUT2D eigenvalue weighted by molar-refractivity contribution is 0.412. The maximum absolute atomic E-state index is 5.53. The molecule has 1 rings (SSSR count). The van der Waals surface area contributed by atoms with E-state index in [9.17, 15) is 0 Å². The molecule has 0 aliphatic rings. The minimum absolute atomic E-state index is 0.294. The number of ether oxygens (including phenoxy) is 1. The maximum atomic E-state index is 5.53. The number of nitrogens with two attached hydrogens (primary N) is 1. The van der Waals surface area contributed by atoms with Gasteiger partial charge in [-0.2, -0.15) is 0 Å². The minimum atomic E-state index is 0.294. The van der Waals surface area contributed by atoms with Gasteiger partial charge in [0.05, 0.1) is 7.11 Å². The van der Waals surface area contributed by atoms with Crippen molar-refractivity contribution in [3.63, 3.8) is 0 Å². The Morgan fingerprint density at radius 2 is 2.21 bits per heavy atom. The summed E-state index contributed by atoms with van der Waals surface area (Å²) in [5, 5.41) is 3.30. The number of nitrogens with one attached hydrogen (secondary N) is 1. The van der Waals surface area contributed by atoms with Crippen LogP contribution in [-0.4, -0.2) is 19.7 Å². The summed E-state index contributed by atoms with van der Waals surface area (Å²) in [6.07, 6.45) is 0. The first-order chi connectivity index (χ1) is 6.67. The Labute approximate surface area is 85.3 Å². The Morgan fingerprint density at radius 3 is 2.71 bits per heavy atom. The molecule has 1 aromatic carbocycles. The fourth-order valence-electron chi connectivity index (χ4n) is 1.31. The van der Waals surface area contributed by atoms with Gasteiger partial charge in [0.1, 0.15) is 5.75 Å². The minimum Gasteiger partial charge on any atom is -0.496 e. The van der Waals surface area contributed by atoms with E-state index >= 15 is 0 Å². The quantitative estimate of drug-likeness (QED) is 0.767. The van der Waals surface area contributed by atoms with Crippen molar-refractivity contribution < 1.29 is 4.74 Å². The molecule has 0 heterocycles. The zero-order valence-electron chi connectivity index (χ0n) is 9.00. The zero-order valence-corrected chi connectivity index (χ0v) is 9.00. The van der Waals surface area contributed by atoms with Crippen molar-refractivity contribution in [3.05, 3.63) is 23.8 Å². The molecule has 3 nitrogen and oxygen atoms in total. The summed E-state index contributed by atoms with van der Waals surface area (Å²) in [5.74, 6) is 0.913. The van der Waals surface area contributed by atoms with Crippen molar-refractivity contribution in [2.45, 2.75) is 19.9 Å². The first-order valence-electron chi connectivity index (χ1n) is 4.78. The second kappa shape index (κ2) is 4.86. The van der Waals surface area contributed by atoms with Crippen LogP contribution < -0.4 is 15.8 Å². The Hall–Kier alpha value is -1.22. The molecule has 1 atom stereocenters. The number of aryl methyl sites for hydroxylation is 1. The summed E-state index contributed by atoms with van der Waals surface area (Å²) < 4.78 is 5.18. The molecular formula is C11H18N2O. The highest BCUT2D eigenvalue weighted by Crippen LogP contribution is 2.21. The van der Waals surface area contributed by atoms with E-state index < -0.39 is 0 Å². The molecule has 0 spiro atoms. The van der Waals surface area contributed by atoms with Gasteiger partial charge in [0, 0.05) is 18.3 Å². The van der Waals surface area contributed by atoms with Crippen molar-refractivity contribution >= 4 is 5.69 Å². The van der Waals surface area contributed by atoms with Crippen LogP contribution in [0.2, 0.25) is 0 Å². The first kappa shape index (κ1) is 10.9. The van der Waals surface area contributed by atoms with Gasteiger partial charge in [-0.05, 0) is 37.6 Å². The third-order valence-corrected chi connectivity index (χ3v) is 2.16. The zero-order chi connectivity index (χ0) is 10.6. The van der Waals surface area contributed by atoms with Gasteiger partial charge in [-0.25, -0.2) is 0 Å². The van der Waals surface area contributed by atoms with E-state index in [0.717, 1.165) is 17.0 Å². The number of methoxy groups -OCH3 is 1. The van der Waals surface area contributed by atoms with Crippen LogP contribution in [0.5, 0.6) is 5.75 Å². The van der Waals surface area contributed by atoms with E-state index in [2.05, 4.69) is 18.3 Å². The van der Waals surface area contributed by atoms with Gasteiger partial charge in [0.15, 0.2) is 0 Å². The van der Waals surface area contributed by atoms with Gasteiger partial charge in [0.2, 0.25) is 0 Å². The van der Waals surface area contributed by atoms with E-state index in [4.69, 9.17) is 10.5 Å². The number of benzene rings is 1.